The predicted octanol–water partition coefficient (Wildman–Crippen LogP) is 0.303. The van der Waals surface area contributed by atoms with Gasteiger partial charge in [-0.05, 0) is 6.92 Å². The molecule has 1 saturated heterocycles. The molecule has 0 amide bonds. The van der Waals surface area contributed by atoms with Gasteiger partial charge < -0.3 is 5.32 Å². The van der Waals surface area contributed by atoms with E-state index < -0.39 is 0 Å². The second kappa shape index (κ2) is 4.38. The van der Waals surface area contributed by atoms with Crippen LogP contribution >= 0.6 is 0 Å². The van der Waals surface area contributed by atoms with Crippen LogP contribution in [0.3, 0.4) is 0 Å². The molecule has 0 saturated carbocycles. The maximum atomic E-state index is 5.24. The van der Waals surface area contributed by atoms with Crippen LogP contribution < -0.4 is 5.32 Å². The monoisotopic (exact) mass is 152 g/mol. The Morgan fingerprint density at radius 2 is 2.18 bits per heavy atom. The van der Waals surface area contributed by atoms with Crippen molar-refractivity contribution in [1.29, 1.82) is 0 Å². The molecule has 1 aliphatic rings. The summed E-state index contributed by atoms with van der Waals surface area (Å²) in [6.45, 7) is 6.70. The van der Waals surface area contributed by atoms with E-state index in [1.165, 1.54) is 0 Å². The number of nitrogens with one attached hydrogen (secondary N) is 1. The molecule has 0 spiro atoms. The molecule has 1 N–H and O–H groups in total. The molecule has 0 bridgehead atoms. The van der Waals surface area contributed by atoms with Crippen molar-refractivity contribution in [3.05, 3.63) is 0 Å². The highest BCUT2D eigenvalue weighted by molar-refractivity contribution is 4.89. The summed E-state index contributed by atoms with van der Waals surface area (Å²) in [5.74, 6) is 2.70. The summed E-state index contributed by atoms with van der Waals surface area (Å²) < 4.78 is 0. The molecule has 1 fully saturated rings. The van der Waals surface area contributed by atoms with Gasteiger partial charge in [0, 0.05) is 38.6 Å². The van der Waals surface area contributed by atoms with Gasteiger partial charge in [-0.1, -0.05) is 0 Å². The number of nitrogens with zero attached hydrogens (tertiary/aromatic N) is 1. The highest BCUT2D eigenvalue weighted by Gasteiger charge is 2.14. The number of hydrogen-bond acceptors (Lipinski definition) is 2. The summed E-state index contributed by atoms with van der Waals surface area (Å²) in [5, 5.41) is 3.32. The van der Waals surface area contributed by atoms with Crippen LogP contribution in [0, 0.1) is 12.3 Å². The minimum absolute atomic E-state index is 0.557. The van der Waals surface area contributed by atoms with E-state index in [1.54, 1.807) is 0 Å². The molecular formula is C9H16N2. The molecule has 62 valence electrons. The largest absolute Gasteiger partial charge is 0.314 e. The number of terminal acetylenes is 1. The lowest BCUT2D eigenvalue weighted by Crippen LogP contribution is -2.47. The maximum absolute atomic E-state index is 5.24. The van der Waals surface area contributed by atoms with Crippen LogP contribution in [0.2, 0.25) is 0 Å². The number of rotatable bonds is 2. The van der Waals surface area contributed by atoms with Crippen LogP contribution in [-0.4, -0.2) is 37.1 Å². The Kier molecular flexibility index (Phi) is 3.41. The zero-order chi connectivity index (χ0) is 8.10. The van der Waals surface area contributed by atoms with Gasteiger partial charge in [0.1, 0.15) is 0 Å². The SMILES string of the molecule is C#CCC(C)N1CCNCC1. The fourth-order valence-electron chi connectivity index (χ4n) is 1.42. The van der Waals surface area contributed by atoms with Gasteiger partial charge >= 0.3 is 0 Å². The molecule has 1 aliphatic heterocycles. The molecule has 2 nitrogen and oxygen atoms in total. The summed E-state index contributed by atoms with van der Waals surface area (Å²) in [6.07, 6.45) is 6.12. The minimum Gasteiger partial charge on any atom is -0.314 e. The van der Waals surface area contributed by atoms with E-state index in [1.807, 2.05) is 0 Å². The number of hydrogen-bond donors (Lipinski definition) is 1. The second-order valence-corrected chi connectivity index (χ2v) is 3.04. The van der Waals surface area contributed by atoms with Gasteiger partial charge in [0.15, 0.2) is 0 Å². The molecule has 1 unspecified atom stereocenters. The van der Waals surface area contributed by atoms with E-state index in [4.69, 9.17) is 6.42 Å². The van der Waals surface area contributed by atoms with Gasteiger partial charge in [-0.15, -0.1) is 12.3 Å². The van der Waals surface area contributed by atoms with Crippen LogP contribution in [0.25, 0.3) is 0 Å². The second-order valence-electron chi connectivity index (χ2n) is 3.04. The normalized spacial score (nSPS) is 22.5. The third-order valence-electron chi connectivity index (χ3n) is 2.19. The Hall–Kier alpha value is -0.520. The standard InChI is InChI=1S/C9H16N2/c1-3-4-9(2)11-7-5-10-6-8-11/h1,9-10H,4-8H2,2H3. The molecule has 2 heteroatoms. The first-order valence-electron chi connectivity index (χ1n) is 4.23. The van der Waals surface area contributed by atoms with Gasteiger partial charge in [0.25, 0.3) is 0 Å². The summed E-state index contributed by atoms with van der Waals surface area (Å²) in [4.78, 5) is 2.44. The van der Waals surface area contributed by atoms with Crippen molar-refractivity contribution in [2.75, 3.05) is 26.2 Å². The lowest BCUT2D eigenvalue weighted by atomic mass is 10.2. The van der Waals surface area contributed by atoms with Gasteiger partial charge in [-0.3, -0.25) is 4.90 Å². The first-order valence-corrected chi connectivity index (χ1v) is 4.23. The summed E-state index contributed by atoms with van der Waals surface area (Å²) in [7, 11) is 0. The highest BCUT2D eigenvalue weighted by atomic mass is 15.2. The zero-order valence-electron chi connectivity index (χ0n) is 7.14. The Labute approximate surface area is 69.0 Å². The van der Waals surface area contributed by atoms with E-state index >= 15 is 0 Å². The van der Waals surface area contributed by atoms with Crippen LogP contribution in [0.1, 0.15) is 13.3 Å². The average molecular weight is 152 g/mol. The van der Waals surface area contributed by atoms with E-state index in [0.717, 1.165) is 32.6 Å². The van der Waals surface area contributed by atoms with Crippen LogP contribution in [0.5, 0.6) is 0 Å². The minimum atomic E-state index is 0.557. The average Bonchev–Trinajstić information content (AvgIpc) is 2.07. The Morgan fingerprint density at radius 1 is 1.55 bits per heavy atom. The lowest BCUT2D eigenvalue weighted by Gasteiger charge is -2.31. The van der Waals surface area contributed by atoms with Crippen molar-refractivity contribution in [2.45, 2.75) is 19.4 Å². The first kappa shape index (κ1) is 8.58. The highest BCUT2D eigenvalue weighted by Crippen LogP contribution is 2.03. The predicted molar refractivity (Wildman–Crippen MR) is 47.4 cm³/mol. The van der Waals surface area contributed by atoms with Crippen LogP contribution in [0.4, 0.5) is 0 Å². The fraction of sp³-hybridized carbons (Fsp3) is 0.778. The zero-order valence-corrected chi connectivity index (χ0v) is 7.14. The third-order valence-corrected chi connectivity index (χ3v) is 2.19. The van der Waals surface area contributed by atoms with Crippen molar-refractivity contribution in [1.82, 2.24) is 10.2 Å². The van der Waals surface area contributed by atoms with Gasteiger partial charge in [-0.25, -0.2) is 0 Å². The Balaban J connectivity index is 2.27. The number of piperazine rings is 1. The molecule has 0 aromatic rings. The van der Waals surface area contributed by atoms with Crippen molar-refractivity contribution in [2.24, 2.45) is 0 Å². The lowest BCUT2D eigenvalue weighted by molar-refractivity contribution is 0.187. The first-order chi connectivity index (χ1) is 5.34. The van der Waals surface area contributed by atoms with E-state index in [-0.39, 0.29) is 0 Å². The van der Waals surface area contributed by atoms with Crippen molar-refractivity contribution < 1.29 is 0 Å². The summed E-state index contributed by atoms with van der Waals surface area (Å²) in [5.41, 5.74) is 0. The van der Waals surface area contributed by atoms with Gasteiger partial charge in [0.05, 0.1) is 0 Å². The van der Waals surface area contributed by atoms with Crippen molar-refractivity contribution in [3.63, 3.8) is 0 Å². The molecule has 1 rings (SSSR count). The maximum Gasteiger partial charge on any atom is 0.0240 e. The van der Waals surface area contributed by atoms with Gasteiger partial charge in [-0.2, -0.15) is 0 Å². The quantitative estimate of drug-likeness (QED) is 0.573. The smallest absolute Gasteiger partial charge is 0.0240 e. The molecule has 1 heterocycles. The van der Waals surface area contributed by atoms with Gasteiger partial charge in [0.2, 0.25) is 0 Å². The fourth-order valence-corrected chi connectivity index (χ4v) is 1.42. The molecule has 11 heavy (non-hydrogen) atoms. The van der Waals surface area contributed by atoms with E-state index in [0.29, 0.717) is 6.04 Å². The summed E-state index contributed by atoms with van der Waals surface area (Å²) >= 11 is 0. The van der Waals surface area contributed by atoms with Crippen molar-refractivity contribution in [3.8, 4) is 12.3 Å². The Bertz CT molecular complexity index is 142. The molecule has 1 atom stereocenters. The topological polar surface area (TPSA) is 15.3 Å². The molecular weight excluding hydrogens is 136 g/mol. The third kappa shape index (κ3) is 2.53. The molecule has 0 radical (unpaired) electrons. The van der Waals surface area contributed by atoms with Crippen LogP contribution in [0.15, 0.2) is 0 Å². The van der Waals surface area contributed by atoms with E-state index in [9.17, 15) is 0 Å². The molecule has 0 aromatic heterocycles. The molecule has 0 aliphatic carbocycles. The van der Waals surface area contributed by atoms with E-state index in [2.05, 4.69) is 23.1 Å². The summed E-state index contributed by atoms with van der Waals surface area (Å²) in [6, 6.07) is 0.557. The Morgan fingerprint density at radius 3 is 2.73 bits per heavy atom. The van der Waals surface area contributed by atoms with Crippen molar-refractivity contribution >= 4 is 0 Å². The van der Waals surface area contributed by atoms with Crippen LogP contribution in [-0.2, 0) is 0 Å². The molecule has 0 aromatic carbocycles.